The second kappa shape index (κ2) is 3.63. The Bertz CT molecular complexity index is 534. The van der Waals surface area contributed by atoms with Crippen LogP contribution < -0.4 is 0 Å². The van der Waals surface area contributed by atoms with Crippen LogP contribution in [0.1, 0.15) is 20.8 Å². The highest BCUT2D eigenvalue weighted by atomic mass is 16.4. The van der Waals surface area contributed by atoms with Crippen LogP contribution in [0, 0.1) is 5.41 Å². The maximum absolute atomic E-state index is 9.12. The summed E-state index contributed by atoms with van der Waals surface area (Å²) in [5.41, 5.74) is 0.689. The smallest absolute Gasteiger partial charge is 0.174 e. The molecule has 2 aromatic rings. The first-order valence-corrected chi connectivity index (χ1v) is 5.20. The first kappa shape index (κ1) is 10.7. The van der Waals surface area contributed by atoms with Crippen molar-refractivity contribution in [1.82, 2.24) is 9.78 Å². The van der Waals surface area contributed by atoms with Gasteiger partial charge in [0.2, 0.25) is 0 Å². The van der Waals surface area contributed by atoms with Gasteiger partial charge in [0.15, 0.2) is 5.84 Å². The molecule has 0 saturated carbocycles. The number of benzene rings is 1. The van der Waals surface area contributed by atoms with Crippen molar-refractivity contribution in [1.29, 1.82) is 0 Å². The third-order valence-electron chi connectivity index (χ3n) is 2.44. The molecule has 0 aliphatic carbocycles. The summed E-state index contributed by atoms with van der Waals surface area (Å²) in [5, 5.41) is 17.8. The van der Waals surface area contributed by atoms with Gasteiger partial charge in [-0.15, -0.1) is 0 Å². The molecule has 1 aromatic heterocycles. The number of hydrogen-bond acceptors (Lipinski definition) is 3. The van der Waals surface area contributed by atoms with Gasteiger partial charge in [0.25, 0.3) is 0 Å². The fourth-order valence-electron chi connectivity index (χ4n) is 1.65. The number of rotatable bonds is 0. The molecule has 0 saturated heterocycles. The number of hydrogen-bond donors (Lipinski definition) is 1. The fraction of sp³-hybridized carbons (Fsp3) is 0.333. The van der Waals surface area contributed by atoms with Gasteiger partial charge in [-0.2, -0.15) is 5.10 Å². The van der Waals surface area contributed by atoms with Crippen molar-refractivity contribution in [2.45, 2.75) is 20.8 Å². The van der Waals surface area contributed by atoms with Gasteiger partial charge in [-0.1, -0.05) is 44.1 Å². The number of para-hydroxylation sites is 1. The Hall–Kier alpha value is -1.84. The lowest BCUT2D eigenvalue weighted by molar-refractivity contribution is 0.306. The highest BCUT2D eigenvalue weighted by Crippen LogP contribution is 2.21. The lowest BCUT2D eigenvalue weighted by atomic mass is 9.95. The lowest BCUT2D eigenvalue weighted by Crippen LogP contribution is -2.28. The molecule has 84 valence electrons. The Kier molecular flexibility index (Phi) is 2.42. The van der Waals surface area contributed by atoms with Gasteiger partial charge in [-0.3, -0.25) is 0 Å². The van der Waals surface area contributed by atoms with E-state index in [2.05, 4.69) is 10.3 Å². The van der Waals surface area contributed by atoms with E-state index in [-0.39, 0.29) is 5.41 Å². The minimum absolute atomic E-state index is 0.260. The fourth-order valence-corrected chi connectivity index (χ4v) is 1.65. The Morgan fingerprint density at radius 1 is 1.31 bits per heavy atom. The first-order valence-electron chi connectivity index (χ1n) is 5.20. The number of oxime groups is 1. The predicted molar refractivity (Wildman–Crippen MR) is 63.8 cm³/mol. The lowest BCUT2D eigenvalue weighted by Gasteiger charge is -2.19. The zero-order valence-electron chi connectivity index (χ0n) is 9.68. The van der Waals surface area contributed by atoms with E-state index in [1.165, 1.54) is 0 Å². The molecule has 1 heterocycles. The summed E-state index contributed by atoms with van der Waals surface area (Å²) in [7, 11) is 0. The van der Waals surface area contributed by atoms with Crippen LogP contribution in [0.4, 0.5) is 0 Å². The zero-order valence-corrected chi connectivity index (χ0v) is 9.68. The predicted octanol–water partition coefficient (Wildman–Crippen LogP) is 2.72. The largest absolute Gasteiger partial charge is 0.409 e. The monoisotopic (exact) mass is 217 g/mol. The molecule has 0 radical (unpaired) electrons. The van der Waals surface area contributed by atoms with Crippen molar-refractivity contribution in [3.8, 4) is 0 Å². The molecule has 0 amide bonds. The molecule has 2 rings (SSSR count). The van der Waals surface area contributed by atoms with Gasteiger partial charge in [0.05, 0.1) is 11.7 Å². The minimum Gasteiger partial charge on any atom is -0.409 e. The van der Waals surface area contributed by atoms with Crippen molar-refractivity contribution in [3.63, 3.8) is 0 Å². The van der Waals surface area contributed by atoms with Crippen LogP contribution in [0.15, 0.2) is 35.6 Å². The Balaban J connectivity index is 2.64. The number of nitrogens with zero attached hydrogens (tertiary/aromatic N) is 3. The van der Waals surface area contributed by atoms with E-state index >= 15 is 0 Å². The van der Waals surface area contributed by atoms with E-state index in [9.17, 15) is 0 Å². The molecule has 0 aliphatic heterocycles. The molecule has 16 heavy (non-hydrogen) atoms. The average molecular weight is 217 g/mol. The normalized spacial score (nSPS) is 13.3. The highest BCUT2D eigenvalue weighted by molar-refractivity contribution is 5.96. The first-order chi connectivity index (χ1) is 7.54. The van der Waals surface area contributed by atoms with Crippen LogP contribution in [0.3, 0.4) is 0 Å². The molecular weight excluding hydrogens is 202 g/mol. The van der Waals surface area contributed by atoms with Crippen LogP contribution in [-0.4, -0.2) is 20.8 Å². The summed E-state index contributed by atoms with van der Waals surface area (Å²) in [6.45, 7) is 5.95. The van der Waals surface area contributed by atoms with Gasteiger partial charge in [0, 0.05) is 10.8 Å². The third-order valence-corrected chi connectivity index (χ3v) is 2.44. The summed E-state index contributed by atoms with van der Waals surface area (Å²) in [6, 6.07) is 7.84. The molecule has 0 atom stereocenters. The summed E-state index contributed by atoms with van der Waals surface area (Å²) >= 11 is 0. The summed E-state index contributed by atoms with van der Waals surface area (Å²) in [6.07, 6.45) is 1.77. The van der Waals surface area contributed by atoms with E-state index in [1.807, 2.05) is 45.0 Å². The molecule has 0 spiro atoms. The van der Waals surface area contributed by atoms with Crippen LogP contribution in [0.5, 0.6) is 0 Å². The molecule has 0 aliphatic rings. The average Bonchev–Trinajstić information content (AvgIpc) is 2.61. The molecule has 4 heteroatoms. The summed E-state index contributed by atoms with van der Waals surface area (Å²) < 4.78 is 1.68. The molecule has 0 unspecified atom stereocenters. The van der Waals surface area contributed by atoms with E-state index in [1.54, 1.807) is 10.9 Å². The molecule has 4 nitrogen and oxygen atoms in total. The third kappa shape index (κ3) is 1.66. The van der Waals surface area contributed by atoms with Crippen molar-refractivity contribution < 1.29 is 5.21 Å². The van der Waals surface area contributed by atoms with Gasteiger partial charge in [-0.05, 0) is 6.07 Å². The Labute approximate surface area is 94.2 Å². The summed E-state index contributed by atoms with van der Waals surface area (Å²) in [5.74, 6) is 0.536. The van der Waals surface area contributed by atoms with E-state index in [4.69, 9.17) is 5.21 Å². The Morgan fingerprint density at radius 3 is 2.62 bits per heavy atom. The molecule has 1 aromatic carbocycles. The van der Waals surface area contributed by atoms with Crippen molar-refractivity contribution in [2.24, 2.45) is 10.6 Å². The topological polar surface area (TPSA) is 50.4 Å². The standard InChI is InChI=1S/C12H15N3O/c1-12(2,3)11(14-16)15-10-7-5-4-6-9(10)8-13-15/h4-8,16H,1-3H3. The summed E-state index contributed by atoms with van der Waals surface area (Å²) in [4.78, 5) is 0. The van der Waals surface area contributed by atoms with E-state index in [0.29, 0.717) is 5.84 Å². The zero-order chi connectivity index (χ0) is 11.8. The SMILES string of the molecule is CC(C)(C)C(=NO)n1ncc2ccccc21. The van der Waals surface area contributed by atoms with E-state index in [0.717, 1.165) is 10.9 Å². The Morgan fingerprint density at radius 2 is 2.00 bits per heavy atom. The second-order valence-electron chi connectivity index (χ2n) is 4.79. The van der Waals surface area contributed by atoms with E-state index < -0.39 is 0 Å². The second-order valence-corrected chi connectivity index (χ2v) is 4.79. The van der Waals surface area contributed by atoms with Gasteiger partial charge in [0.1, 0.15) is 0 Å². The number of fused-ring (bicyclic) bond motifs is 1. The van der Waals surface area contributed by atoms with Gasteiger partial charge < -0.3 is 5.21 Å². The van der Waals surface area contributed by atoms with Crippen LogP contribution >= 0.6 is 0 Å². The quantitative estimate of drug-likeness (QED) is 0.319. The maximum atomic E-state index is 9.12. The molecular formula is C12H15N3O. The van der Waals surface area contributed by atoms with Gasteiger partial charge >= 0.3 is 0 Å². The maximum Gasteiger partial charge on any atom is 0.174 e. The van der Waals surface area contributed by atoms with Crippen LogP contribution in [0.25, 0.3) is 10.9 Å². The van der Waals surface area contributed by atoms with Crippen molar-refractivity contribution in [3.05, 3.63) is 30.5 Å². The molecule has 0 bridgehead atoms. The minimum atomic E-state index is -0.260. The molecule has 1 N–H and O–H groups in total. The van der Waals surface area contributed by atoms with Gasteiger partial charge in [-0.25, -0.2) is 4.68 Å². The van der Waals surface area contributed by atoms with Crippen LogP contribution in [-0.2, 0) is 0 Å². The van der Waals surface area contributed by atoms with Crippen LogP contribution in [0.2, 0.25) is 0 Å². The molecule has 0 fully saturated rings. The van der Waals surface area contributed by atoms with Crippen molar-refractivity contribution >= 4 is 16.7 Å². The number of aromatic nitrogens is 2. The van der Waals surface area contributed by atoms with Crippen molar-refractivity contribution in [2.75, 3.05) is 0 Å². The highest BCUT2D eigenvalue weighted by Gasteiger charge is 2.23.